The molecule has 21 heavy (non-hydrogen) atoms. The molecule has 2 aromatic carbocycles. The molecular weight excluding hydrogens is 288 g/mol. The second-order valence-corrected chi connectivity index (χ2v) is 6.53. The molecule has 1 heterocycles. The zero-order valence-corrected chi connectivity index (χ0v) is 12.1. The number of aromatic amines is 1. The summed E-state index contributed by atoms with van der Waals surface area (Å²) in [6.45, 7) is 1.90. The van der Waals surface area contributed by atoms with Gasteiger partial charge in [-0.05, 0) is 25.1 Å². The number of aromatic hydroxyl groups is 1. The highest BCUT2D eigenvalue weighted by Crippen LogP contribution is 2.28. The molecule has 0 aliphatic rings. The highest BCUT2D eigenvalue weighted by molar-refractivity contribution is 7.92. The fourth-order valence-corrected chi connectivity index (χ4v) is 3.22. The minimum atomic E-state index is -3.66. The van der Waals surface area contributed by atoms with E-state index < -0.39 is 10.0 Å². The second kappa shape index (κ2) is 4.82. The molecule has 0 spiro atoms. The van der Waals surface area contributed by atoms with Gasteiger partial charge in [0.2, 0.25) is 0 Å². The lowest BCUT2D eigenvalue weighted by atomic mass is 10.2. The molecule has 3 N–H and O–H groups in total. The summed E-state index contributed by atoms with van der Waals surface area (Å²) in [7, 11) is -3.66. The molecule has 0 unspecified atom stereocenters. The van der Waals surface area contributed by atoms with E-state index in [2.05, 4.69) is 9.71 Å². The van der Waals surface area contributed by atoms with Gasteiger partial charge in [-0.2, -0.15) is 0 Å². The Labute approximate surface area is 122 Å². The first-order chi connectivity index (χ1) is 9.95. The Bertz CT molecular complexity index is 896. The van der Waals surface area contributed by atoms with E-state index in [-0.39, 0.29) is 10.8 Å². The third kappa shape index (κ3) is 2.57. The zero-order chi connectivity index (χ0) is 15.0. The van der Waals surface area contributed by atoms with Crippen LogP contribution in [-0.4, -0.2) is 18.5 Å². The number of aryl methyl sites for hydroxylation is 1. The summed E-state index contributed by atoms with van der Waals surface area (Å²) in [5, 5.41) is 10.2. The average molecular weight is 302 g/mol. The fraction of sp³-hybridized carbons (Fsp3) is 0.0667. The van der Waals surface area contributed by atoms with Gasteiger partial charge in [-0.3, -0.25) is 4.72 Å². The van der Waals surface area contributed by atoms with Gasteiger partial charge >= 0.3 is 0 Å². The average Bonchev–Trinajstić information content (AvgIpc) is 2.80. The standard InChI is InChI=1S/C15H14N2O3S/c1-10-5-7-12(8-6-10)21(19,20)17-13-4-2-3-11-9-14(18)16-15(11)13/h2-9,16-18H,1H3. The summed E-state index contributed by atoms with van der Waals surface area (Å²) in [5.74, 6) is -0.00742. The van der Waals surface area contributed by atoms with Crippen LogP contribution >= 0.6 is 0 Å². The highest BCUT2D eigenvalue weighted by Gasteiger charge is 2.16. The fourth-order valence-electron chi connectivity index (χ4n) is 2.15. The van der Waals surface area contributed by atoms with Gasteiger partial charge in [0.25, 0.3) is 10.0 Å². The van der Waals surface area contributed by atoms with E-state index in [1.807, 2.05) is 6.92 Å². The van der Waals surface area contributed by atoms with E-state index in [0.717, 1.165) is 10.9 Å². The van der Waals surface area contributed by atoms with Crippen molar-refractivity contribution in [3.8, 4) is 5.88 Å². The largest absolute Gasteiger partial charge is 0.495 e. The molecule has 0 fully saturated rings. The lowest BCUT2D eigenvalue weighted by molar-refractivity contribution is 0.458. The number of sulfonamides is 1. The Kier molecular flexibility index (Phi) is 3.10. The van der Waals surface area contributed by atoms with Crippen molar-refractivity contribution < 1.29 is 13.5 Å². The number of hydrogen-bond donors (Lipinski definition) is 3. The zero-order valence-electron chi connectivity index (χ0n) is 11.3. The van der Waals surface area contributed by atoms with Gasteiger partial charge in [0.1, 0.15) is 0 Å². The van der Waals surface area contributed by atoms with Gasteiger partial charge in [0.15, 0.2) is 5.88 Å². The summed E-state index contributed by atoms with van der Waals surface area (Å²) in [6.07, 6.45) is 0. The van der Waals surface area contributed by atoms with Gasteiger partial charge in [-0.25, -0.2) is 8.42 Å². The molecule has 0 aliphatic carbocycles. The number of aromatic nitrogens is 1. The van der Waals surface area contributed by atoms with Crippen LogP contribution < -0.4 is 4.72 Å². The van der Waals surface area contributed by atoms with Crippen LogP contribution in [0.4, 0.5) is 5.69 Å². The van der Waals surface area contributed by atoms with E-state index in [9.17, 15) is 13.5 Å². The molecule has 0 amide bonds. The van der Waals surface area contributed by atoms with Crippen molar-refractivity contribution in [1.29, 1.82) is 0 Å². The van der Waals surface area contributed by atoms with Crippen LogP contribution in [0.2, 0.25) is 0 Å². The molecule has 5 nitrogen and oxygen atoms in total. The van der Waals surface area contributed by atoms with Crippen LogP contribution in [0, 0.1) is 6.92 Å². The Morgan fingerprint density at radius 3 is 2.52 bits per heavy atom. The molecule has 0 saturated carbocycles. The Balaban J connectivity index is 2.03. The van der Waals surface area contributed by atoms with Crippen molar-refractivity contribution in [1.82, 2.24) is 4.98 Å². The van der Waals surface area contributed by atoms with E-state index in [4.69, 9.17) is 0 Å². The maximum atomic E-state index is 12.4. The molecule has 0 saturated heterocycles. The van der Waals surface area contributed by atoms with Crippen molar-refractivity contribution in [3.05, 3.63) is 54.1 Å². The quantitative estimate of drug-likeness (QED) is 0.695. The van der Waals surface area contributed by atoms with E-state index in [0.29, 0.717) is 11.2 Å². The second-order valence-electron chi connectivity index (χ2n) is 4.84. The predicted octanol–water partition coefficient (Wildman–Crippen LogP) is 2.98. The van der Waals surface area contributed by atoms with Crippen molar-refractivity contribution >= 4 is 26.6 Å². The number of anilines is 1. The predicted molar refractivity (Wildman–Crippen MR) is 82.0 cm³/mol. The molecule has 6 heteroatoms. The highest BCUT2D eigenvalue weighted by atomic mass is 32.2. The molecule has 0 bridgehead atoms. The van der Waals surface area contributed by atoms with E-state index >= 15 is 0 Å². The van der Waals surface area contributed by atoms with Gasteiger partial charge in [-0.15, -0.1) is 0 Å². The summed E-state index contributed by atoms with van der Waals surface area (Å²) < 4.78 is 27.3. The van der Waals surface area contributed by atoms with Crippen LogP contribution in [0.1, 0.15) is 5.56 Å². The van der Waals surface area contributed by atoms with Gasteiger partial charge in [0, 0.05) is 11.5 Å². The van der Waals surface area contributed by atoms with Crippen molar-refractivity contribution in [2.24, 2.45) is 0 Å². The molecular formula is C15H14N2O3S. The van der Waals surface area contributed by atoms with Crippen molar-refractivity contribution in [2.75, 3.05) is 4.72 Å². The van der Waals surface area contributed by atoms with Crippen LogP contribution in [0.25, 0.3) is 10.9 Å². The maximum Gasteiger partial charge on any atom is 0.261 e. The molecule has 3 rings (SSSR count). The molecule has 0 radical (unpaired) electrons. The number of fused-ring (bicyclic) bond motifs is 1. The molecule has 108 valence electrons. The first-order valence-corrected chi connectivity index (χ1v) is 7.84. The maximum absolute atomic E-state index is 12.4. The third-order valence-electron chi connectivity index (χ3n) is 3.22. The smallest absolute Gasteiger partial charge is 0.261 e. The van der Waals surface area contributed by atoms with Gasteiger partial charge < -0.3 is 10.1 Å². The minimum absolute atomic E-state index is 0.00742. The third-order valence-corrected chi connectivity index (χ3v) is 4.60. The summed E-state index contributed by atoms with van der Waals surface area (Å²) >= 11 is 0. The van der Waals surface area contributed by atoms with Crippen molar-refractivity contribution in [2.45, 2.75) is 11.8 Å². The van der Waals surface area contributed by atoms with Gasteiger partial charge in [-0.1, -0.05) is 29.8 Å². The molecule has 3 aromatic rings. The SMILES string of the molecule is Cc1ccc(S(=O)(=O)Nc2cccc3cc(O)[nH]c23)cc1. The normalized spacial score (nSPS) is 11.7. The number of rotatable bonds is 3. The number of para-hydroxylation sites is 1. The number of hydrogen-bond acceptors (Lipinski definition) is 3. The Morgan fingerprint density at radius 2 is 1.81 bits per heavy atom. The first-order valence-electron chi connectivity index (χ1n) is 6.36. The van der Waals surface area contributed by atoms with E-state index in [1.165, 1.54) is 0 Å². The van der Waals surface area contributed by atoms with Crippen LogP contribution in [0.15, 0.2) is 53.4 Å². The summed E-state index contributed by atoms with van der Waals surface area (Å²) in [5.41, 5.74) is 1.93. The minimum Gasteiger partial charge on any atom is -0.495 e. The number of nitrogens with one attached hydrogen (secondary N) is 2. The van der Waals surface area contributed by atoms with Gasteiger partial charge in [0.05, 0.1) is 16.1 Å². The summed E-state index contributed by atoms with van der Waals surface area (Å²) in [6, 6.07) is 13.3. The Hall–Kier alpha value is -2.47. The lowest BCUT2D eigenvalue weighted by Gasteiger charge is -2.09. The molecule has 0 atom stereocenters. The lowest BCUT2D eigenvalue weighted by Crippen LogP contribution is -2.13. The monoisotopic (exact) mass is 302 g/mol. The molecule has 0 aliphatic heterocycles. The summed E-state index contributed by atoms with van der Waals surface area (Å²) in [4.78, 5) is 2.93. The molecule has 1 aromatic heterocycles. The number of H-pyrrole nitrogens is 1. The van der Waals surface area contributed by atoms with Crippen molar-refractivity contribution in [3.63, 3.8) is 0 Å². The first kappa shape index (κ1) is 13.5. The Morgan fingerprint density at radius 1 is 1.10 bits per heavy atom. The number of benzene rings is 2. The van der Waals surface area contributed by atoms with Crippen LogP contribution in [0.3, 0.4) is 0 Å². The topological polar surface area (TPSA) is 82.2 Å². The van der Waals surface area contributed by atoms with Crippen LogP contribution in [-0.2, 0) is 10.0 Å². The van der Waals surface area contributed by atoms with Crippen LogP contribution in [0.5, 0.6) is 5.88 Å². The van der Waals surface area contributed by atoms with E-state index in [1.54, 1.807) is 48.5 Å².